The molecule has 3 atom stereocenters. The maximum atomic E-state index is 11.1. The first kappa shape index (κ1) is 21.1. The van der Waals surface area contributed by atoms with Gasteiger partial charge in [0.2, 0.25) is 0 Å². The van der Waals surface area contributed by atoms with Crippen LogP contribution in [0.25, 0.3) is 0 Å². The van der Waals surface area contributed by atoms with Crippen molar-refractivity contribution in [2.45, 2.75) is 62.4 Å². The van der Waals surface area contributed by atoms with Gasteiger partial charge in [0.1, 0.15) is 5.75 Å². The third-order valence-corrected chi connectivity index (χ3v) is 8.13. The topological polar surface area (TPSA) is 64.6 Å². The lowest BCUT2D eigenvalue weighted by molar-refractivity contribution is 0.106. The van der Waals surface area contributed by atoms with E-state index < -0.39 is 11.3 Å². The van der Waals surface area contributed by atoms with Crippen LogP contribution >= 0.6 is 0 Å². The average Bonchev–Trinajstić information content (AvgIpc) is 3.02. The predicted molar refractivity (Wildman–Crippen MR) is 122 cm³/mol. The fourth-order valence-electron chi connectivity index (χ4n) is 5.49. The SMILES string of the molecule is O=S([O-])NC1(CCOc2ccc3c(c2)C(Cc2ccccc2)C(N2CCC2)C3)CCC1. The van der Waals surface area contributed by atoms with Gasteiger partial charge in [-0.3, -0.25) is 9.11 Å². The summed E-state index contributed by atoms with van der Waals surface area (Å²) in [5.74, 6) is 1.39. The molecule has 166 valence electrons. The van der Waals surface area contributed by atoms with Gasteiger partial charge in [-0.1, -0.05) is 36.4 Å². The highest BCUT2D eigenvalue weighted by Crippen LogP contribution is 2.42. The normalized spacial score (nSPS) is 25.3. The number of ether oxygens (including phenoxy) is 1. The number of hydrogen-bond acceptors (Lipinski definition) is 4. The van der Waals surface area contributed by atoms with Gasteiger partial charge in [0.05, 0.1) is 6.61 Å². The fraction of sp³-hybridized carbons (Fsp3) is 0.520. The number of nitrogens with zero attached hydrogens (tertiary/aromatic N) is 1. The molecule has 0 radical (unpaired) electrons. The molecule has 1 saturated carbocycles. The zero-order valence-corrected chi connectivity index (χ0v) is 18.7. The number of nitrogens with one attached hydrogen (secondary N) is 1. The van der Waals surface area contributed by atoms with Crippen LogP contribution < -0.4 is 9.46 Å². The molecule has 0 bridgehead atoms. The number of hydrogen-bond donors (Lipinski definition) is 1. The summed E-state index contributed by atoms with van der Waals surface area (Å²) in [4.78, 5) is 2.64. The fourth-order valence-corrected chi connectivity index (χ4v) is 6.15. The Morgan fingerprint density at radius 2 is 1.94 bits per heavy atom. The van der Waals surface area contributed by atoms with Gasteiger partial charge in [-0.25, -0.2) is 4.72 Å². The first-order valence-corrected chi connectivity index (χ1v) is 12.6. The van der Waals surface area contributed by atoms with E-state index in [9.17, 15) is 8.76 Å². The molecule has 3 aliphatic rings. The third kappa shape index (κ3) is 4.58. The van der Waals surface area contributed by atoms with E-state index in [0.29, 0.717) is 25.0 Å². The van der Waals surface area contributed by atoms with Gasteiger partial charge in [0.25, 0.3) is 0 Å². The van der Waals surface area contributed by atoms with Crippen molar-refractivity contribution < 1.29 is 13.5 Å². The van der Waals surface area contributed by atoms with Crippen molar-refractivity contribution >= 4 is 11.3 Å². The molecule has 0 amide bonds. The van der Waals surface area contributed by atoms with E-state index in [0.717, 1.165) is 37.9 Å². The summed E-state index contributed by atoms with van der Waals surface area (Å²) in [5.41, 5.74) is 3.96. The van der Waals surface area contributed by atoms with Gasteiger partial charge in [0.15, 0.2) is 0 Å². The molecule has 0 aromatic heterocycles. The Balaban J connectivity index is 1.29. The summed E-state index contributed by atoms with van der Waals surface area (Å²) in [6.07, 6.45) is 7.06. The van der Waals surface area contributed by atoms with E-state index in [-0.39, 0.29) is 5.54 Å². The second-order valence-electron chi connectivity index (χ2n) is 9.39. The van der Waals surface area contributed by atoms with Crippen LogP contribution in [0.1, 0.15) is 54.7 Å². The summed E-state index contributed by atoms with van der Waals surface area (Å²) in [7, 11) is 0. The van der Waals surface area contributed by atoms with Gasteiger partial charge < -0.3 is 9.29 Å². The van der Waals surface area contributed by atoms with E-state index in [4.69, 9.17) is 4.74 Å². The first-order chi connectivity index (χ1) is 15.1. The Kier molecular flexibility index (Phi) is 6.15. The van der Waals surface area contributed by atoms with Crippen LogP contribution in [-0.2, 0) is 24.1 Å². The number of fused-ring (bicyclic) bond motifs is 1. The van der Waals surface area contributed by atoms with Gasteiger partial charge in [-0.15, -0.1) is 0 Å². The van der Waals surface area contributed by atoms with Crippen molar-refractivity contribution in [1.82, 2.24) is 9.62 Å². The van der Waals surface area contributed by atoms with E-state index in [1.54, 1.807) is 0 Å². The predicted octanol–water partition coefficient (Wildman–Crippen LogP) is 3.72. The molecule has 1 aliphatic heterocycles. The molecule has 31 heavy (non-hydrogen) atoms. The second-order valence-corrected chi connectivity index (χ2v) is 10.1. The summed E-state index contributed by atoms with van der Waals surface area (Å²) >= 11 is -2.22. The maximum Gasteiger partial charge on any atom is 0.119 e. The van der Waals surface area contributed by atoms with Crippen LogP contribution in [0, 0.1) is 0 Å². The van der Waals surface area contributed by atoms with Gasteiger partial charge in [-0.05, 0) is 80.4 Å². The second kappa shape index (κ2) is 9.02. The molecule has 1 heterocycles. The Hall–Kier alpha value is -1.73. The van der Waals surface area contributed by atoms with Crippen LogP contribution in [0.3, 0.4) is 0 Å². The lowest BCUT2D eigenvalue weighted by atomic mass is 9.75. The highest BCUT2D eigenvalue weighted by molar-refractivity contribution is 7.77. The van der Waals surface area contributed by atoms with E-state index in [2.05, 4.69) is 58.2 Å². The van der Waals surface area contributed by atoms with E-state index in [1.165, 1.54) is 36.2 Å². The molecule has 2 aliphatic carbocycles. The van der Waals surface area contributed by atoms with Crippen molar-refractivity contribution in [3.05, 3.63) is 65.2 Å². The van der Waals surface area contributed by atoms with Crippen LogP contribution in [0.15, 0.2) is 48.5 Å². The maximum absolute atomic E-state index is 11.1. The Labute approximate surface area is 187 Å². The number of benzene rings is 2. The largest absolute Gasteiger partial charge is 0.760 e. The monoisotopic (exact) mass is 439 g/mol. The molecule has 1 N–H and O–H groups in total. The van der Waals surface area contributed by atoms with Crippen LogP contribution in [-0.4, -0.2) is 44.9 Å². The lowest BCUT2D eigenvalue weighted by Crippen LogP contribution is -2.52. The lowest BCUT2D eigenvalue weighted by Gasteiger charge is -2.43. The molecule has 2 aromatic rings. The highest BCUT2D eigenvalue weighted by atomic mass is 32.2. The zero-order valence-electron chi connectivity index (χ0n) is 17.9. The van der Waals surface area contributed by atoms with E-state index in [1.807, 2.05) is 0 Å². The molecule has 1 saturated heterocycles. The summed E-state index contributed by atoms with van der Waals surface area (Å²) in [6, 6.07) is 18.0. The van der Waals surface area contributed by atoms with Crippen molar-refractivity contribution in [2.24, 2.45) is 0 Å². The Morgan fingerprint density at radius 1 is 1.13 bits per heavy atom. The Morgan fingerprint density at radius 3 is 2.58 bits per heavy atom. The Bertz CT molecular complexity index is 928. The van der Waals surface area contributed by atoms with Crippen LogP contribution in [0.5, 0.6) is 5.75 Å². The molecular formula is C25H31N2O3S-. The average molecular weight is 440 g/mol. The summed E-state index contributed by atoms with van der Waals surface area (Å²) < 4.78 is 31.1. The van der Waals surface area contributed by atoms with Crippen molar-refractivity contribution in [2.75, 3.05) is 19.7 Å². The molecule has 3 unspecified atom stereocenters. The quantitative estimate of drug-likeness (QED) is 0.605. The van der Waals surface area contributed by atoms with Crippen molar-refractivity contribution in [3.63, 3.8) is 0 Å². The van der Waals surface area contributed by atoms with Crippen molar-refractivity contribution in [3.8, 4) is 5.75 Å². The van der Waals surface area contributed by atoms with Crippen LogP contribution in [0.4, 0.5) is 0 Å². The van der Waals surface area contributed by atoms with Gasteiger partial charge >= 0.3 is 0 Å². The number of rotatable bonds is 9. The minimum atomic E-state index is -2.22. The molecule has 5 nitrogen and oxygen atoms in total. The molecule has 0 spiro atoms. The van der Waals surface area contributed by atoms with Gasteiger partial charge in [-0.2, -0.15) is 0 Å². The summed E-state index contributed by atoms with van der Waals surface area (Å²) in [6.45, 7) is 2.95. The molecule has 5 rings (SSSR count). The zero-order chi connectivity index (χ0) is 21.3. The third-order valence-electron chi connectivity index (χ3n) is 7.53. The molecule has 2 fully saturated rings. The minimum Gasteiger partial charge on any atom is -0.760 e. The summed E-state index contributed by atoms with van der Waals surface area (Å²) in [5, 5.41) is 0. The van der Waals surface area contributed by atoms with Crippen LogP contribution in [0.2, 0.25) is 0 Å². The molecule has 6 heteroatoms. The standard InChI is InChI=1S/C25H32N2O3S/c28-31(29)26-25(10-4-11-25)12-15-30-21-9-8-20-17-24(27-13-5-14-27)23(22(20)18-21)16-19-6-2-1-3-7-19/h1-3,6-9,18,23-24,26H,4-5,10-17H2,(H,28,29)/p-1. The van der Waals surface area contributed by atoms with Crippen molar-refractivity contribution in [1.29, 1.82) is 0 Å². The number of likely N-dealkylation sites (tertiary alicyclic amines) is 1. The highest BCUT2D eigenvalue weighted by Gasteiger charge is 2.39. The smallest absolute Gasteiger partial charge is 0.119 e. The molecule has 2 aromatic carbocycles. The van der Waals surface area contributed by atoms with Gasteiger partial charge in [0, 0.05) is 35.2 Å². The first-order valence-electron chi connectivity index (χ1n) is 11.5. The minimum absolute atomic E-state index is 0.304. The molecular weight excluding hydrogens is 408 g/mol. The van der Waals surface area contributed by atoms with E-state index >= 15 is 0 Å².